The van der Waals surface area contributed by atoms with E-state index in [-0.39, 0.29) is 45.0 Å². The Bertz CT molecular complexity index is 1260. The first-order chi connectivity index (χ1) is 18.6. The van der Waals surface area contributed by atoms with Gasteiger partial charge in [0, 0.05) is 5.92 Å². The van der Waals surface area contributed by atoms with Gasteiger partial charge in [0.05, 0.1) is 12.0 Å². The summed E-state index contributed by atoms with van der Waals surface area (Å²) in [4.78, 5) is 36.8. The molecule has 0 atom stereocenters. The van der Waals surface area contributed by atoms with Gasteiger partial charge in [-0.1, -0.05) is 78.9 Å². The van der Waals surface area contributed by atoms with Gasteiger partial charge in [0.15, 0.2) is 0 Å². The zero-order chi connectivity index (χ0) is 26.4. The van der Waals surface area contributed by atoms with Crippen molar-refractivity contribution < 1.29 is 28.6 Å². The minimum atomic E-state index is -0.666. The molecule has 0 bridgehead atoms. The number of alkyl carbamates (subject to hydrolysis) is 1. The van der Waals surface area contributed by atoms with Crippen molar-refractivity contribution in [2.75, 3.05) is 26.5 Å². The average molecular weight is 515 g/mol. The fraction of sp³-hybridized carbons (Fsp3) is 0.300. The highest BCUT2D eigenvalue weighted by Gasteiger charge is 2.51. The van der Waals surface area contributed by atoms with E-state index >= 15 is 0 Å². The van der Waals surface area contributed by atoms with Gasteiger partial charge in [-0.25, -0.2) is 4.79 Å². The number of benzene rings is 3. The largest absolute Gasteiger partial charge is 0.460 e. The number of fused-ring (bicyclic) bond motifs is 3. The molecule has 0 radical (unpaired) electrons. The average Bonchev–Trinajstić information content (AvgIpc) is 3.68. The number of rotatable bonds is 11. The Kier molecular flexibility index (Phi) is 7.70. The third-order valence-corrected chi connectivity index (χ3v) is 6.99. The van der Waals surface area contributed by atoms with Gasteiger partial charge in [-0.3, -0.25) is 9.59 Å². The molecule has 0 spiro atoms. The molecule has 3 aromatic rings. The molecule has 0 aliphatic heterocycles. The maximum Gasteiger partial charge on any atom is 0.407 e. The summed E-state index contributed by atoms with van der Waals surface area (Å²) in [7, 11) is 0. The summed E-state index contributed by atoms with van der Waals surface area (Å²) in [6, 6.07) is 25.7. The van der Waals surface area contributed by atoms with Crippen molar-refractivity contribution in [3.05, 3.63) is 95.6 Å². The lowest BCUT2D eigenvalue weighted by atomic mass is 9.98. The molecule has 0 heterocycles. The van der Waals surface area contributed by atoms with Crippen molar-refractivity contribution in [1.29, 1.82) is 0 Å². The standard InChI is InChI=1S/C30H30N2O6/c33-27(32-20-36-19-30(14-15-30)28(34)37-17-21-8-2-1-3-9-21)16-31-29(35)38-18-26-24-12-6-4-10-22(24)23-11-5-7-13-25(23)26/h1-13,26H,14-20H2,(H,31,35)(H,32,33). The Morgan fingerprint density at radius 2 is 1.42 bits per heavy atom. The second kappa shape index (κ2) is 11.5. The summed E-state index contributed by atoms with van der Waals surface area (Å²) in [5.74, 6) is -0.760. The van der Waals surface area contributed by atoms with Gasteiger partial charge in [0.25, 0.3) is 0 Å². The zero-order valence-corrected chi connectivity index (χ0v) is 21.0. The molecule has 8 heteroatoms. The molecule has 38 heavy (non-hydrogen) atoms. The fourth-order valence-corrected chi connectivity index (χ4v) is 4.68. The number of esters is 1. The summed E-state index contributed by atoms with van der Waals surface area (Å²) in [5, 5.41) is 5.05. The molecule has 2 aliphatic rings. The van der Waals surface area contributed by atoms with E-state index in [2.05, 4.69) is 22.8 Å². The second-order valence-electron chi connectivity index (χ2n) is 9.61. The molecule has 3 aromatic carbocycles. The summed E-state index contributed by atoms with van der Waals surface area (Å²) in [5.41, 5.74) is 4.82. The van der Waals surface area contributed by atoms with Gasteiger partial charge >= 0.3 is 12.1 Å². The molecule has 8 nitrogen and oxygen atoms in total. The van der Waals surface area contributed by atoms with Gasteiger partial charge in [0.1, 0.15) is 26.5 Å². The Morgan fingerprint density at radius 1 is 0.789 bits per heavy atom. The van der Waals surface area contributed by atoms with Crippen molar-refractivity contribution in [2.45, 2.75) is 25.4 Å². The highest BCUT2D eigenvalue weighted by atomic mass is 16.6. The van der Waals surface area contributed by atoms with Crippen LogP contribution in [0.3, 0.4) is 0 Å². The van der Waals surface area contributed by atoms with Crippen LogP contribution in [0.25, 0.3) is 11.1 Å². The lowest BCUT2D eigenvalue weighted by Crippen LogP contribution is -2.39. The number of carbonyl (C=O) groups is 3. The normalized spacial score (nSPS) is 14.6. The van der Waals surface area contributed by atoms with Crippen LogP contribution in [0.2, 0.25) is 0 Å². The fourth-order valence-electron chi connectivity index (χ4n) is 4.68. The molecule has 0 unspecified atom stereocenters. The topological polar surface area (TPSA) is 103 Å². The third-order valence-electron chi connectivity index (χ3n) is 6.99. The number of carbonyl (C=O) groups excluding carboxylic acids is 3. The lowest BCUT2D eigenvalue weighted by Gasteiger charge is -2.16. The Hall–Kier alpha value is -4.17. The van der Waals surface area contributed by atoms with E-state index in [1.165, 1.54) is 0 Å². The minimum absolute atomic E-state index is 0.0514. The van der Waals surface area contributed by atoms with Crippen LogP contribution in [0, 0.1) is 5.41 Å². The molecular weight excluding hydrogens is 484 g/mol. The van der Waals surface area contributed by atoms with Crippen molar-refractivity contribution >= 4 is 18.0 Å². The molecular formula is C30H30N2O6. The summed E-state index contributed by atoms with van der Waals surface area (Å²) in [6.45, 7) is 0.247. The summed E-state index contributed by atoms with van der Waals surface area (Å²) in [6.07, 6.45) is 0.719. The van der Waals surface area contributed by atoms with Gasteiger partial charge in [-0.15, -0.1) is 0 Å². The molecule has 1 fully saturated rings. The van der Waals surface area contributed by atoms with Gasteiger partial charge in [0.2, 0.25) is 5.91 Å². The SMILES string of the molecule is O=C(CNC(=O)OCC1c2ccccc2-c2ccccc21)NCOCC1(C(=O)OCc2ccccc2)CC1. The Balaban J connectivity index is 0.988. The first kappa shape index (κ1) is 25.5. The number of ether oxygens (including phenoxy) is 3. The van der Waals surface area contributed by atoms with Crippen molar-refractivity contribution in [3.8, 4) is 11.1 Å². The predicted molar refractivity (Wildman–Crippen MR) is 140 cm³/mol. The number of hydrogen-bond donors (Lipinski definition) is 2. The van der Waals surface area contributed by atoms with Gasteiger partial charge in [-0.2, -0.15) is 0 Å². The van der Waals surface area contributed by atoms with E-state index in [4.69, 9.17) is 14.2 Å². The van der Waals surface area contributed by atoms with Crippen LogP contribution >= 0.6 is 0 Å². The quantitative estimate of drug-likeness (QED) is 0.227. The second-order valence-corrected chi connectivity index (χ2v) is 9.61. The van der Waals surface area contributed by atoms with Crippen molar-refractivity contribution in [3.63, 3.8) is 0 Å². The first-order valence-electron chi connectivity index (χ1n) is 12.7. The monoisotopic (exact) mass is 514 g/mol. The van der Waals surface area contributed by atoms with E-state index in [9.17, 15) is 14.4 Å². The molecule has 1 saturated carbocycles. The van der Waals surface area contributed by atoms with Crippen molar-refractivity contribution in [2.24, 2.45) is 5.41 Å². The molecule has 2 aliphatic carbocycles. The maximum absolute atomic E-state index is 12.4. The van der Waals surface area contributed by atoms with E-state index in [1.54, 1.807) is 0 Å². The molecule has 0 aromatic heterocycles. The number of nitrogens with one attached hydrogen (secondary N) is 2. The molecule has 196 valence electrons. The number of amides is 2. The van der Waals surface area contributed by atoms with Gasteiger partial charge in [-0.05, 0) is 40.7 Å². The summed E-state index contributed by atoms with van der Waals surface area (Å²) >= 11 is 0. The lowest BCUT2D eigenvalue weighted by molar-refractivity contribution is -0.154. The highest BCUT2D eigenvalue weighted by Crippen LogP contribution is 2.47. The van der Waals surface area contributed by atoms with Crippen LogP contribution in [-0.4, -0.2) is 44.5 Å². The van der Waals surface area contributed by atoms with E-state index < -0.39 is 17.4 Å². The zero-order valence-electron chi connectivity index (χ0n) is 21.0. The Morgan fingerprint density at radius 3 is 2.08 bits per heavy atom. The third kappa shape index (κ3) is 5.86. The maximum atomic E-state index is 12.4. The minimum Gasteiger partial charge on any atom is -0.460 e. The number of hydrogen-bond acceptors (Lipinski definition) is 6. The van der Waals surface area contributed by atoms with Gasteiger partial charge < -0.3 is 24.8 Å². The van der Waals surface area contributed by atoms with Crippen LogP contribution in [0.1, 0.15) is 35.4 Å². The van der Waals surface area contributed by atoms with Crippen LogP contribution in [0.4, 0.5) is 4.79 Å². The molecule has 0 saturated heterocycles. The molecule has 2 N–H and O–H groups in total. The Labute approximate surface area is 221 Å². The van der Waals surface area contributed by atoms with Crippen LogP contribution < -0.4 is 10.6 Å². The summed E-state index contributed by atoms with van der Waals surface area (Å²) < 4.78 is 16.4. The van der Waals surface area contributed by atoms with Crippen LogP contribution in [0.5, 0.6) is 0 Å². The van der Waals surface area contributed by atoms with E-state index in [0.29, 0.717) is 12.8 Å². The van der Waals surface area contributed by atoms with E-state index in [0.717, 1.165) is 27.8 Å². The predicted octanol–water partition coefficient (Wildman–Crippen LogP) is 4.14. The highest BCUT2D eigenvalue weighted by molar-refractivity contribution is 5.82. The van der Waals surface area contributed by atoms with E-state index in [1.807, 2.05) is 66.7 Å². The molecule has 2 amide bonds. The van der Waals surface area contributed by atoms with Crippen molar-refractivity contribution in [1.82, 2.24) is 10.6 Å². The van der Waals surface area contributed by atoms with Crippen LogP contribution in [0.15, 0.2) is 78.9 Å². The first-order valence-corrected chi connectivity index (χ1v) is 12.7. The van der Waals surface area contributed by atoms with Crippen LogP contribution in [-0.2, 0) is 30.4 Å². The smallest absolute Gasteiger partial charge is 0.407 e. The molecule has 5 rings (SSSR count).